The predicted molar refractivity (Wildman–Crippen MR) is 114 cm³/mol. The molecular weight excluding hydrogens is 352 g/mol. The van der Waals surface area contributed by atoms with E-state index in [9.17, 15) is 4.79 Å². The molecule has 0 atom stereocenters. The Morgan fingerprint density at radius 3 is 2.54 bits per heavy atom. The van der Waals surface area contributed by atoms with Crippen molar-refractivity contribution in [1.29, 1.82) is 0 Å². The fourth-order valence-electron chi connectivity index (χ4n) is 3.41. The number of hydrogen-bond donors (Lipinski definition) is 2. The molecule has 2 aromatic carbocycles. The van der Waals surface area contributed by atoms with Gasteiger partial charge in [-0.1, -0.05) is 30.3 Å². The van der Waals surface area contributed by atoms with Crippen LogP contribution in [0.15, 0.2) is 48.7 Å². The van der Waals surface area contributed by atoms with Gasteiger partial charge in [0.25, 0.3) is 0 Å². The first-order valence-electron chi connectivity index (χ1n) is 9.46. The summed E-state index contributed by atoms with van der Waals surface area (Å²) in [7, 11) is 3.81. The largest absolute Gasteiger partial charge is 0.361 e. The zero-order valence-electron chi connectivity index (χ0n) is 16.1. The van der Waals surface area contributed by atoms with E-state index >= 15 is 0 Å². The van der Waals surface area contributed by atoms with Crippen molar-refractivity contribution in [3.63, 3.8) is 0 Å². The van der Waals surface area contributed by atoms with Gasteiger partial charge in [0, 0.05) is 32.9 Å². The van der Waals surface area contributed by atoms with Crippen LogP contribution < -0.4 is 20.4 Å². The van der Waals surface area contributed by atoms with Gasteiger partial charge < -0.3 is 20.4 Å². The summed E-state index contributed by atoms with van der Waals surface area (Å²) in [5.74, 6) is 1.40. The lowest BCUT2D eigenvalue weighted by Gasteiger charge is -2.21. The first-order chi connectivity index (χ1) is 13.6. The fourth-order valence-corrected chi connectivity index (χ4v) is 3.41. The highest BCUT2D eigenvalue weighted by molar-refractivity contribution is 6.02. The van der Waals surface area contributed by atoms with Gasteiger partial charge in [-0.2, -0.15) is 4.98 Å². The van der Waals surface area contributed by atoms with E-state index < -0.39 is 0 Å². The monoisotopic (exact) mass is 376 g/mol. The smallest absolute Gasteiger partial charge is 0.323 e. The average molecular weight is 376 g/mol. The second kappa shape index (κ2) is 7.72. The summed E-state index contributed by atoms with van der Waals surface area (Å²) in [6.07, 6.45) is 4.00. The van der Waals surface area contributed by atoms with Crippen molar-refractivity contribution >= 4 is 39.9 Å². The van der Waals surface area contributed by atoms with Gasteiger partial charge in [-0.3, -0.25) is 0 Å². The number of fused-ring (bicyclic) bond motifs is 1. The molecule has 1 aromatic heterocycles. The predicted octanol–water partition coefficient (Wildman–Crippen LogP) is 3.94. The van der Waals surface area contributed by atoms with Crippen LogP contribution in [0.3, 0.4) is 0 Å². The van der Waals surface area contributed by atoms with E-state index in [1.165, 1.54) is 0 Å². The number of nitrogens with one attached hydrogen (secondary N) is 2. The third-order valence-corrected chi connectivity index (χ3v) is 4.82. The number of amides is 2. The number of anilines is 4. The molecule has 2 heterocycles. The maximum absolute atomic E-state index is 12.5. The van der Waals surface area contributed by atoms with Crippen LogP contribution in [0.1, 0.15) is 12.8 Å². The lowest BCUT2D eigenvalue weighted by Crippen LogP contribution is -2.25. The van der Waals surface area contributed by atoms with Crippen molar-refractivity contribution < 1.29 is 4.79 Å². The SMILES string of the molecule is CN(C)c1nc(N2CCCC2)ncc1NC(=O)Nc1ccc2ccccc2c1. The Hall–Kier alpha value is -3.35. The zero-order valence-corrected chi connectivity index (χ0v) is 16.1. The summed E-state index contributed by atoms with van der Waals surface area (Å²) >= 11 is 0. The van der Waals surface area contributed by atoms with Gasteiger partial charge in [-0.05, 0) is 35.7 Å². The van der Waals surface area contributed by atoms with Crippen LogP contribution in [0.25, 0.3) is 10.8 Å². The Bertz CT molecular complexity index is 997. The molecule has 0 saturated carbocycles. The number of benzene rings is 2. The standard InChI is InChI=1S/C21H24N6O/c1-26(2)19-18(14-22-20(25-19)27-11-5-6-12-27)24-21(28)23-17-10-9-15-7-3-4-8-16(15)13-17/h3-4,7-10,13-14H,5-6,11-12H2,1-2H3,(H2,23,24,28). The number of nitrogens with zero attached hydrogens (tertiary/aromatic N) is 4. The zero-order chi connectivity index (χ0) is 19.5. The van der Waals surface area contributed by atoms with E-state index in [4.69, 9.17) is 0 Å². The topological polar surface area (TPSA) is 73.4 Å². The lowest BCUT2D eigenvalue weighted by molar-refractivity contribution is 0.262. The van der Waals surface area contributed by atoms with Crippen molar-refractivity contribution in [3.8, 4) is 0 Å². The van der Waals surface area contributed by atoms with Crippen LogP contribution in [0.4, 0.5) is 27.9 Å². The van der Waals surface area contributed by atoms with E-state index in [1.807, 2.05) is 61.5 Å². The third-order valence-electron chi connectivity index (χ3n) is 4.82. The third kappa shape index (κ3) is 3.83. The minimum Gasteiger partial charge on any atom is -0.361 e. The van der Waals surface area contributed by atoms with Crippen LogP contribution in [0.5, 0.6) is 0 Å². The van der Waals surface area contributed by atoms with Crippen molar-refractivity contribution in [1.82, 2.24) is 9.97 Å². The minimum atomic E-state index is -0.323. The number of urea groups is 1. The Kier molecular flexibility index (Phi) is 4.97. The summed E-state index contributed by atoms with van der Waals surface area (Å²) in [6.45, 7) is 1.95. The van der Waals surface area contributed by atoms with Gasteiger partial charge in [0.2, 0.25) is 5.95 Å². The van der Waals surface area contributed by atoms with Gasteiger partial charge >= 0.3 is 6.03 Å². The molecule has 0 bridgehead atoms. The molecule has 0 spiro atoms. The fraction of sp³-hybridized carbons (Fsp3) is 0.286. The van der Waals surface area contributed by atoms with E-state index in [1.54, 1.807) is 6.20 Å². The molecule has 3 aromatic rings. The molecule has 7 heteroatoms. The molecule has 1 fully saturated rings. The van der Waals surface area contributed by atoms with Crippen LogP contribution in [0.2, 0.25) is 0 Å². The minimum absolute atomic E-state index is 0.323. The van der Waals surface area contributed by atoms with Crippen molar-refractivity contribution in [2.75, 3.05) is 47.6 Å². The molecule has 0 aliphatic carbocycles. The summed E-state index contributed by atoms with van der Waals surface area (Å²) in [5.41, 5.74) is 1.31. The lowest BCUT2D eigenvalue weighted by atomic mass is 10.1. The molecule has 144 valence electrons. The number of hydrogen-bond acceptors (Lipinski definition) is 5. The van der Waals surface area contributed by atoms with E-state index in [0.29, 0.717) is 17.5 Å². The molecule has 1 saturated heterocycles. The molecule has 28 heavy (non-hydrogen) atoms. The van der Waals surface area contributed by atoms with Crippen LogP contribution in [-0.2, 0) is 0 Å². The second-order valence-corrected chi connectivity index (χ2v) is 7.14. The molecule has 4 rings (SSSR count). The molecule has 1 aliphatic rings. The Morgan fingerprint density at radius 2 is 1.79 bits per heavy atom. The van der Waals surface area contributed by atoms with E-state index in [0.717, 1.165) is 42.4 Å². The number of carbonyl (C=O) groups excluding carboxylic acids is 1. The Morgan fingerprint density at radius 1 is 1.04 bits per heavy atom. The highest BCUT2D eigenvalue weighted by atomic mass is 16.2. The molecule has 0 unspecified atom stereocenters. The van der Waals surface area contributed by atoms with Gasteiger partial charge in [0.05, 0.1) is 6.20 Å². The maximum atomic E-state index is 12.5. The highest BCUT2D eigenvalue weighted by Crippen LogP contribution is 2.26. The van der Waals surface area contributed by atoms with E-state index in [2.05, 4.69) is 25.5 Å². The molecule has 2 amide bonds. The van der Waals surface area contributed by atoms with Crippen LogP contribution >= 0.6 is 0 Å². The highest BCUT2D eigenvalue weighted by Gasteiger charge is 2.18. The molecule has 1 aliphatic heterocycles. The summed E-state index contributed by atoms with van der Waals surface area (Å²) < 4.78 is 0. The molecule has 0 radical (unpaired) electrons. The quantitative estimate of drug-likeness (QED) is 0.721. The van der Waals surface area contributed by atoms with Crippen molar-refractivity contribution in [2.45, 2.75) is 12.8 Å². The van der Waals surface area contributed by atoms with E-state index in [-0.39, 0.29) is 6.03 Å². The average Bonchev–Trinajstić information content (AvgIpc) is 3.23. The molecule has 2 N–H and O–H groups in total. The van der Waals surface area contributed by atoms with Gasteiger partial charge in [0.15, 0.2) is 5.82 Å². The van der Waals surface area contributed by atoms with Gasteiger partial charge in [-0.25, -0.2) is 9.78 Å². The summed E-state index contributed by atoms with van der Waals surface area (Å²) in [4.78, 5) is 25.7. The maximum Gasteiger partial charge on any atom is 0.323 e. The number of carbonyl (C=O) groups is 1. The number of rotatable bonds is 4. The molecule has 7 nitrogen and oxygen atoms in total. The summed E-state index contributed by atoms with van der Waals surface area (Å²) in [6, 6.07) is 13.6. The molecular formula is C21H24N6O. The Labute approximate surface area is 164 Å². The van der Waals surface area contributed by atoms with Crippen molar-refractivity contribution in [3.05, 3.63) is 48.7 Å². The first-order valence-corrected chi connectivity index (χ1v) is 9.46. The first kappa shape index (κ1) is 18.0. The van der Waals surface area contributed by atoms with Crippen LogP contribution in [-0.4, -0.2) is 43.2 Å². The normalized spacial score (nSPS) is 13.6. The van der Waals surface area contributed by atoms with Gasteiger partial charge in [-0.15, -0.1) is 0 Å². The summed E-state index contributed by atoms with van der Waals surface area (Å²) in [5, 5.41) is 7.96. The van der Waals surface area contributed by atoms with Crippen LogP contribution in [0, 0.1) is 0 Å². The van der Waals surface area contributed by atoms with Crippen molar-refractivity contribution in [2.24, 2.45) is 0 Å². The number of aromatic nitrogens is 2. The van der Waals surface area contributed by atoms with Gasteiger partial charge in [0.1, 0.15) is 5.69 Å². The second-order valence-electron chi connectivity index (χ2n) is 7.14. The Balaban J connectivity index is 1.51.